The Morgan fingerprint density at radius 3 is 2.84 bits per heavy atom. The number of H-pyrrole nitrogens is 1. The molecule has 1 aliphatic rings. The zero-order chi connectivity index (χ0) is 13.4. The van der Waals surface area contributed by atoms with E-state index < -0.39 is 0 Å². The first-order chi connectivity index (χ1) is 9.15. The summed E-state index contributed by atoms with van der Waals surface area (Å²) in [7, 11) is 0. The highest BCUT2D eigenvalue weighted by Gasteiger charge is 2.14. The van der Waals surface area contributed by atoms with Crippen LogP contribution < -0.4 is 0 Å². The normalized spacial score (nSPS) is 14.2. The quantitative estimate of drug-likeness (QED) is 0.762. The van der Waals surface area contributed by atoms with Crippen LogP contribution in [0.15, 0.2) is 22.7 Å². The van der Waals surface area contributed by atoms with E-state index in [0.717, 1.165) is 33.3 Å². The van der Waals surface area contributed by atoms with Gasteiger partial charge >= 0.3 is 0 Å². The average Bonchev–Trinajstić information content (AvgIpc) is 2.42. The largest absolute Gasteiger partial charge is 0.343 e. The van der Waals surface area contributed by atoms with Gasteiger partial charge in [0.25, 0.3) is 0 Å². The van der Waals surface area contributed by atoms with E-state index in [1.54, 1.807) is 0 Å². The molecule has 0 saturated heterocycles. The maximum absolute atomic E-state index is 5.44. The van der Waals surface area contributed by atoms with Gasteiger partial charge in [-0.2, -0.15) is 0 Å². The molecule has 1 aliphatic carbocycles. The SMILES string of the molecule is Cc1ccc(-c2nc(=S)c3c([nH]2)CCCC3)cc1Br. The first-order valence-electron chi connectivity index (χ1n) is 6.54. The van der Waals surface area contributed by atoms with Crippen molar-refractivity contribution in [1.29, 1.82) is 0 Å². The van der Waals surface area contributed by atoms with Crippen LogP contribution in [0.25, 0.3) is 11.4 Å². The maximum atomic E-state index is 5.44. The van der Waals surface area contributed by atoms with Gasteiger partial charge in [0.1, 0.15) is 10.5 Å². The van der Waals surface area contributed by atoms with Crippen LogP contribution in [0.4, 0.5) is 0 Å². The van der Waals surface area contributed by atoms with E-state index in [2.05, 4.69) is 51.0 Å². The first kappa shape index (κ1) is 13.0. The predicted molar refractivity (Wildman–Crippen MR) is 83.9 cm³/mol. The van der Waals surface area contributed by atoms with Crippen molar-refractivity contribution in [2.45, 2.75) is 32.6 Å². The summed E-state index contributed by atoms with van der Waals surface area (Å²) >= 11 is 9.01. The molecule has 0 bridgehead atoms. The molecule has 0 amide bonds. The third-order valence-electron chi connectivity index (χ3n) is 3.65. The molecule has 1 N–H and O–H groups in total. The summed E-state index contributed by atoms with van der Waals surface area (Å²) in [6, 6.07) is 6.28. The highest BCUT2D eigenvalue weighted by molar-refractivity contribution is 9.10. The number of aromatic amines is 1. The molecule has 1 aromatic heterocycles. The molecule has 0 atom stereocenters. The van der Waals surface area contributed by atoms with Crippen LogP contribution in [0.2, 0.25) is 0 Å². The lowest BCUT2D eigenvalue weighted by atomic mass is 9.97. The zero-order valence-electron chi connectivity index (χ0n) is 10.8. The minimum atomic E-state index is 0.764. The average molecular weight is 335 g/mol. The fraction of sp³-hybridized carbons (Fsp3) is 0.333. The van der Waals surface area contributed by atoms with Crippen molar-refractivity contribution < 1.29 is 0 Å². The lowest BCUT2D eigenvalue weighted by Crippen LogP contribution is -2.08. The summed E-state index contributed by atoms with van der Waals surface area (Å²) < 4.78 is 1.86. The van der Waals surface area contributed by atoms with Crippen LogP contribution in [-0.2, 0) is 12.8 Å². The van der Waals surface area contributed by atoms with Gasteiger partial charge < -0.3 is 4.98 Å². The van der Waals surface area contributed by atoms with Gasteiger partial charge in [0.2, 0.25) is 0 Å². The number of hydrogen-bond donors (Lipinski definition) is 1. The Morgan fingerprint density at radius 2 is 2.05 bits per heavy atom. The third kappa shape index (κ3) is 2.51. The molecule has 0 fully saturated rings. The van der Waals surface area contributed by atoms with Crippen molar-refractivity contribution >= 4 is 28.1 Å². The van der Waals surface area contributed by atoms with E-state index in [9.17, 15) is 0 Å². The van der Waals surface area contributed by atoms with E-state index in [1.165, 1.54) is 29.7 Å². The van der Waals surface area contributed by atoms with Crippen molar-refractivity contribution in [3.63, 3.8) is 0 Å². The van der Waals surface area contributed by atoms with E-state index >= 15 is 0 Å². The van der Waals surface area contributed by atoms with Crippen LogP contribution in [0, 0.1) is 11.6 Å². The first-order valence-corrected chi connectivity index (χ1v) is 7.74. The number of hydrogen-bond acceptors (Lipinski definition) is 2. The van der Waals surface area contributed by atoms with Crippen molar-refractivity contribution in [2.24, 2.45) is 0 Å². The van der Waals surface area contributed by atoms with Crippen molar-refractivity contribution in [1.82, 2.24) is 9.97 Å². The molecular formula is C15H15BrN2S. The van der Waals surface area contributed by atoms with Crippen LogP contribution in [0.5, 0.6) is 0 Å². The molecule has 4 heteroatoms. The lowest BCUT2D eigenvalue weighted by Gasteiger charge is -2.16. The van der Waals surface area contributed by atoms with Gasteiger partial charge in [-0.1, -0.05) is 40.3 Å². The third-order valence-corrected chi connectivity index (χ3v) is 4.85. The lowest BCUT2D eigenvalue weighted by molar-refractivity contribution is 0.661. The molecule has 2 nitrogen and oxygen atoms in total. The van der Waals surface area contributed by atoms with Crippen molar-refractivity contribution in [3.8, 4) is 11.4 Å². The number of nitrogens with zero attached hydrogens (tertiary/aromatic N) is 1. The number of aromatic nitrogens is 2. The van der Waals surface area contributed by atoms with Gasteiger partial charge in [0.15, 0.2) is 0 Å². The highest BCUT2D eigenvalue weighted by Crippen LogP contribution is 2.26. The van der Waals surface area contributed by atoms with Crippen LogP contribution >= 0.6 is 28.1 Å². The fourth-order valence-corrected chi connectivity index (χ4v) is 3.19. The van der Waals surface area contributed by atoms with E-state index in [0.29, 0.717) is 0 Å². The monoisotopic (exact) mass is 334 g/mol. The summed E-state index contributed by atoms with van der Waals surface area (Å²) in [6.45, 7) is 2.08. The van der Waals surface area contributed by atoms with Crippen LogP contribution in [0.1, 0.15) is 29.7 Å². The van der Waals surface area contributed by atoms with Gasteiger partial charge in [-0.15, -0.1) is 0 Å². The smallest absolute Gasteiger partial charge is 0.139 e. The molecular weight excluding hydrogens is 320 g/mol. The molecule has 0 saturated carbocycles. The van der Waals surface area contributed by atoms with Crippen molar-refractivity contribution in [2.75, 3.05) is 0 Å². The number of aryl methyl sites for hydroxylation is 2. The van der Waals surface area contributed by atoms with Gasteiger partial charge in [-0.05, 0) is 44.2 Å². The van der Waals surface area contributed by atoms with Gasteiger partial charge in [0, 0.05) is 21.3 Å². The second kappa shape index (κ2) is 5.17. The van der Waals surface area contributed by atoms with Crippen molar-refractivity contribution in [3.05, 3.63) is 44.1 Å². The molecule has 98 valence electrons. The van der Waals surface area contributed by atoms with Crippen LogP contribution in [0.3, 0.4) is 0 Å². The number of halogens is 1. The highest BCUT2D eigenvalue weighted by atomic mass is 79.9. The summed E-state index contributed by atoms with van der Waals surface area (Å²) in [4.78, 5) is 8.04. The van der Waals surface area contributed by atoms with E-state index in [-0.39, 0.29) is 0 Å². The summed E-state index contributed by atoms with van der Waals surface area (Å²) in [5, 5.41) is 0. The molecule has 0 unspecified atom stereocenters. The topological polar surface area (TPSA) is 28.7 Å². The molecule has 1 heterocycles. The summed E-state index contributed by atoms with van der Waals surface area (Å²) in [5.74, 6) is 0.881. The molecule has 3 rings (SSSR count). The van der Waals surface area contributed by atoms with Gasteiger partial charge in [-0.25, -0.2) is 4.98 Å². The Bertz CT molecular complexity index is 691. The minimum Gasteiger partial charge on any atom is -0.343 e. The molecule has 2 aromatic rings. The Balaban J connectivity index is 2.12. The molecule has 0 spiro atoms. The molecule has 19 heavy (non-hydrogen) atoms. The Hall–Kier alpha value is -1.00. The number of nitrogens with one attached hydrogen (secondary N) is 1. The number of benzene rings is 1. The minimum absolute atomic E-state index is 0.764. The number of rotatable bonds is 1. The molecule has 1 aromatic carbocycles. The zero-order valence-corrected chi connectivity index (χ0v) is 13.2. The van der Waals surface area contributed by atoms with E-state index in [1.807, 2.05) is 0 Å². The van der Waals surface area contributed by atoms with E-state index in [4.69, 9.17) is 12.2 Å². The second-order valence-electron chi connectivity index (χ2n) is 5.02. The Kier molecular flexibility index (Phi) is 3.54. The standard InChI is InChI=1S/C15H15BrN2S/c1-9-6-7-10(8-12(9)16)14-17-13-5-3-2-4-11(13)15(19)18-14/h6-8H,2-5H2,1H3,(H,17,18,19). The summed E-state index contributed by atoms with van der Waals surface area (Å²) in [6.07, 6.45) is 4.61. The Morgan fingerprint density at radius 1 is 1.26 bits per heavy atom. The number of fused-ring (bicyclic) bond motifs is 1. The Labute approximate surface area is 126 Å². The second-order valence-corrected chi connectivity index (χ2v) is 6.26. The summed E-state index contributed by atoms with van der Waals surface area (Å²) in [5.41, 5.74) is 4.83. The molecule has 0 aliphatic heterocycles. The maximum Gasteiger partial charge on any atom is 0.139 e. The van der Waals surface area contributed by atoms with Gasteiger partial charge in [0.05, 0.1) is 0 Å². The molecule has 0 radical (unpaired) electrons. The van der Waals surface area contributed by atoms with Gasteiger partial charge in [-0.3, -0.25) is 0 Å². The predicted octanol–water partition coefficient (Wildman–Crippen LogP) is 4.76. The van der Waals surface area contributed by atoms with Crippen LogP contribution in [-0.4, -0.2) is 9.97 Å². The fourth-order valence-electron chi connectivity index (χ4n) is 2.50.